The van der Waals surface area contributed by atoms with Crippen molar-refractivity contribution in [2.45, 2.75) is 101 Å². The van der Waals surface area contributed by atoms with Gasteiger partial charge in [-0.3, -0.25) is 14.9 Å². The van der Waals surface area contributed by atoms with Crippen LogP contribution in [0.5, 0.6) is 5.75 Å². The Balaban J connectivity index is 1.78. The van der Waals surface area contributed by atoms with Gasteiger partial charge in [0.05, 0.1) is 19.2 Å². The summed E-state index contributed by atoms with van der Waals surface area (Å²) in [5, 5.41) is 14.4. The summed E-state index contributed by atoms with van der Waals surface area (Å²) in [4.78, 5) is 55.6. The first-order valence-corrected chi connectivity index (χ1v) is 17.4. The average molecular weight is 738 g/mol. The van der Waals surface area contributed by atoms with Crippen molar-refractivity contribution < 1.29 is 48.0 Å². The van der Waals surface area contributed by atoms with Crippen molar-refractivity contribution in [3.63, 3.8) is 0 Å². The SMILES string of the molecule is COc1cc2cc(c1Cl)N(C)C(=O)C[C@H](OC(=O)[C@@H](C)N(C)C(=O)CCS)[C@]1(C)CC(C)(O1)[C@@H]1C[C@@](O)(NC(=O)O1)[C@H](OC)/C=C/C=C(\C)C2. The zero-order valence-corrected chi connectivity index (χ0v) is 31.4. The molecule has 13 nitrogen and oxygen atoms in total. The van der Waals surface area contributed by atoms with E-state index in [4.69, 9.17) is 35.3 Å². The Labute approximate surface area is 303 Å². The Bertz CT molecular complexity index is 1550. The number of nitrogens with zero attached hydrogens (tertiary/aromatic N) is 2. The molecule has 3 amide bonds. The number of hydrogen-bond donors (Lipinski definition) is 3. The Morgan fingerprint density at radius 1 is 1.24 bits per heavy atom. The second-order valence-corrected chi connectivity index (χ2v) is 14.5. The second-order valence-electron chi connectivity index (χ2n) is 13.7. The fourth-order valence-electron chi connectivity index (χ4n) is 6.78. The van der Waals surface area contributed by atoms with Crippen molar-refractivity contribution in [3.05, 3.63) is 46.5 Å². The quantitative estimate of drug-likeness (QED) is 0.277. The summed E-state index contributed by atoms with van der Waals surface area (Å²) < 4.78 is 29.3. The molecule has 1 unspecified atom stereocenters. The van der Waals surface area contributed by atoms with Crippen LogP contribution in [0.1, 0.15) is 58.9 Å². The van der Waals surface area contributed by atoms with Gasteiger partial charge in [0, 0.05) is 40.5 Å². The van der Waals surface area contributed by atoms with Gasteiger partial charge < -0.3 is 38.6 Å². The van der Waals surface area contributed by atoms with Crippen molar-refractivity contribution in [2.24, 2.45) is 0 Å². The van der Waals surface area contributed by atoms with Crippen LogP contribution in [-0.2, 0) is 39.8 Å². The number of ether oxygens (including phenoxy) is 5. The van der Waals surface area contributed by atoms with Crippen molar-refractivity contribution >= 4 is 53.8 Å². The van der Waals surface area contributed by atoms with Gasteiger partial charge in [0.25, 0.3) is 0 Å². The number of allylic oxidation sites excluding steroid dienone is 3. The molecule has 1 aromatic rings. The largest absolute Gasteiger partial charge is 0.495 e. The summed E-state index contributed by atoms with van der Waals surface area (Å²) in [5.41, 5.74) is -2.11. The molecule has 50 heavy (non-hydrogen) atoms. The van der Waals surface area contributed by atoms with Crippen LogP contribution >= 0.6 is 24.2 Å². The van der Waals surface area contributed by atoms with E-state index in [9.17, 15) is 24.3 Å². The van der Waals surface area contributed by atoms with Crippen LogP contribution in [0.3, 0.4) is 0 Å². The summed E-state index contributed by atoms with van der Waals surface area (Å²) in [5.74, 6) is -0.793. The van der Waals surface area contributed by atoms with Crippen molar-refractivity contribution in [2.75, 3.05) is 39.0 Å². The minimum Gasteiger partial charge on any atom is -0.495 e. The van der Waals surface area contributed by atoms with Gasteiger partial charge in [0.15, 0.2) is 5.72 Å². The lowest BCUT2D eigenvalue weighted by Crippen LogP contribution is -2.72. The number of esters is 1. The molecular weight excluding hydrogens is 690 g/mol. The summed E-state index contributed by atoms with van der Waals surface area (Å²) >= 11 is 10.8. The topological polar surface area (TPSA) is 153 Å². The van der Waals surface area contributed by atoms with Gasteiger partial charge in [-0.05, 0) is 57.6 Å². The molecule has 0 radical (unpaired) electrons. The first kappa shape index (κ1) is 39.5. The van der Waals surface area contributed by atoms with Gasteiger partial charge in [-0.15, -0.1) is 0 Å². The molecule has 4 heterocycles. The molecule has 0 spiro atoms. The maximum absolute atomic E-state index is 14.0. The summed E-state index contributed by atoms with van der Waals surface area (Å²) in [6.07, 6.45) is 1.68. The lowest BCUT2D eigenvalue weighted by atomic mass is 9.72. The molecular formula is C35H48ClN3O10S. The molecule has 2 N–H and O–H groups in total. The number of benzene rings is 1. The number of alkyl carbamates (subject to hydrolysis) is 1. The average Bonchev–Trinajstić information content (AvgIpc) is 3.04. The van der Waals surface area contributed by atoms with Gasteiger partial charge in [-0.25, -0.2) is 9.59 Å². The second kappa shape index (κ2) is 15.5. The van der Waals surface area contributed by atoms with Gasteiger partial charge in [-0.1, -0.05) is 35.4 Å². The first-order valence-electron chi connectivity index (χ1n) is 16.4. The summed E-state index contributed by atoms with van der Waals surface area (Å²) in [6.45, 7) is 6.88. The highest BCUT2D eigenvalue weighted by atomic mass is 35.5. The van der Waals surface area contributed by atoms with Crippen LogP contribution in [0.15, 0.2) is 35.9 Å². The fourth-order valence-corrected chi connectivity index (χ4v) is 7.29. The number of carbonyl (C=O) groups is 4. The number of nitrogens with one attached hydrogen (secondary N) is 1. The van der Waals surface area contributed by atoms with E-state index in [1.165, 1.54) is 38.0 Å². The predicted octanol–water partition coefficient (Wildman–Crippen LogP) is 3.98. The van der Waals surface area contributed by atoms with Gasteiger partial charge in [-0.2, -0.15) is 12.6 Å². The number of rotatable bonds is 7. The molecule has 6 bridgehead atoms. The molecule has 276 valence electrons. The minimum absolute atomic E-state index is 0.0950. The molecule has 0 aromatic heterocycles. The zero-order chi connectivity index (χ0) is 37.2. The van der Waals surface area contributed by atoms with Crippen molar-refractivity contribution in [1.29, 1.82) is 0 Å². The van der Waals surface area contributed by atoms with Crippen LogP contribution in [0, 0.1) is 0 Å². The van der Waals surface area contributed by atoms with Crippen molar-refractivity contribution in [1.82, 2.24) is 10.2 Å². The number of anilines is 1. The number of amides is 3. The first-order chi connectivity index (χ1) is 23.4. The highest BCUT2D eigenvalue weighted by Crippen LogP contribution is 2.50. The normalized spacial score (nSPS) is 32.3. The lowest BCUT2D eigenvalue weighted by molar-refractivity contribution is -0.328. The minimum atomic E-state index is -1.85. The molecule has 1 aromatic carbocycles. The van der Waals surface area contributed by atoms with E-state index in [0.717, 1.165) is 11.1 Å². The van der Waals surface area contributed by atoms with E-state index >= 15 is 0 Å². The molecule has 15 heteroatoms. The highest BCUT2D eigenvalue weighted by molar-refractivity contribution is 7.80. The maximum Gasteiger partial charge on any atom is 0.409 e. The molecule has 2 saturated heterocycles. The van der Waals surface area contributed by atoms with Crippen LogP contribution < -0.4 is 15.0 Å². The number of thiol groups is 1. The van der Waals surface area contributed by atoms with Crippen molar-refractivity contribution in [3.8, 4) is 5.75 Å². The smallest absolute Gasteiger partial charge is 0.409 e. The molecule has 0 aliphatic carbocycles. The molecule has 0 saturated carbocycles. The predicted molar refractivity (Wildman–Crippen MR) is 189 cm³/mol. The monoisotopic (exact) mass is 737 g/mol. The zero-order valence-electron chi connectivity index (χ0n) is 29.8. The third-order valence-electron chi connectivity index (χ3n) is 9.76. The number of hydrogen-bond acceptors (Lipinski definition) is 11. The number of fused-ring (bicyclic) bond motifs is 6. The van der Waals surface area contributed by atoms with Gasteiger partial charge >= 0.3 is 12.1 Å². The standard InChI is InChI=1S/C35H48ClN3O10S/c1-20-10-9-11-25(46-8)35(44)18-27(48-32(43)37-35)34(4)19-33(3,49-34)26(47-31(42)21(2)38(5)28(40)12-13-50)17-29(41)39(6)23-15-22(14-20)16-24(45-7)30(23)36/h9-11,15-16,21,25-27,44,50H,12-14,17-19H2,1-8H3,(H,37,43)/b11-9+,20-10+/t21-,25-,26+,27+,33+,34?,35+/m1/s1. The van der Waals surface area contributed by atoms with E-state index < -0.39 is 59.3 Å². The van der Waals surface area contributed by atoms with Crippen LogP contribution in [0.2, 0.25) is 5.02 Å². The summed E-state index contributed by atoms with van der Waals surface area (Å²) in [6, 6.07) is 2.60. The Morgan fingerprint density at radius 3 is 2.54 bits per heavy atom. The summed E-state index contributed by atoms with van der Waals surface area (Å²) in [7, 11) is 5.97. The molecule has 7 atom stereocenters. The third-order valence-corrected chi connectivity index (χ3v) is 10.4. The number of carbonyl (C=O) groups excluding carboxylic acids is 4. The van der Waals surface area contributed by atoms with Crippen LogP contribution in [0.4, 0.5) is 10.5 Å². The third kappa shape index (κ3) is 8.25. The van der Waals surface area contributed by atoms with E-state index in [1.54, 1.807) is 45.2 Å². The molecule has 2 fully saturated rings. The van der Waals surface area contributed by atoms with Gasteiger partial charge in [0.2, 0.25) is 11.8 Å². The maximum atomic E-state index is 14.0. The number of likely N-dealkylation sites (N-methyl/N-ethyl adjacent to an activating group) is 1. The number of halogens is 1. The fraction of sp³-hybridized carbons (Fsp3) is 0.600. The molecule has 4 aliphatic heterocycles. The van der Waals surface area contributed by atoms with E-state index in [-0.39, 0.29) is 36.6 Å². The van der Waals surface area contributed by atoms with Crippen LogP contribution in [-0.4, -0.2) is 109 Å². The molecule has 5 rings (SSSR count). The van der Waals surface area contributed by atoms with Gasteiger partial charge in [0.1, 0.15) is 46.3 Å². The van der Waals surface area contributed by atoms with E-state index in [2.05, 4.69) is 17.9 Å². The van der Waals surface area contributed by atoms with Crippen LogP contribution in [0.25, 0.3) is 0 Å². The Morgan fingerprint density at radius 2 is 1.92 bits per heavy atom. The number of aliphatic hydroxyl groups is 1. The van der Waals surface area contributed by atoms with E-state index in [0.29, 0.717) is 23.6 Å². The number of methoxy groups -OCH3 is 2. The van der Waals surface area contributed by atoms with E-state index in [1.807, 2.05) is 13.0 Å². The Kier molecular flexibility index (Phi) is 12.3. The highest BCUT2D eigenvalue weighted by Gasteiger charge is 2.63. The lowest BCUT2D eigenvalue weighted by Gasteiger charge is -2.59. The Hall–Kier alpha value is -3.30. The molecule has 4 aliphatic rings.